The minimum absolute atomic E-state index is 0.879. The first-order valence-electron chi connectivity index (χ1n) is 7.22. The second kappa shape index (κ2) is 5.72. The van der Waals surface area contributed by atoms with E-state index in [-0.39, 0.29) is 0 Å². The largest absolute Gasteiger partial charge is 0.319 e. The first kappa shape index (κ1) is 12.0. The van der Waals surface area contributed by atoms with Gasteiger partial charge >= 0.3 is 0 Å². The molecule has 1 aromatic carbocycles. The first-order chi connectivity index (χ1) is 8.92. The van der Waals surface area contributed by atoms with Crippen molar-refractivity contribution >= 4 is 5.69 Å². The first-order valence-corrected chi connectivity index (χ1v) is 7.22. The maximum absolute atomic E-state index is 3.50. The summed E-state index contributed by atoms with van der Waals surface area (Å²) in [4.78, 5) is 2.69. The molecule has 3 rings (SSSR count). The van der Waals surface area contributed by atoms with Gasteiger partial charge in [-0.05, 0) is 25.0 Å². The zero-order chi connectivity index (χ0) is 12.2. The summed E-state index contributed by atoms with van der Waals surface area (Å²) in [6, 6.07) is 11.4. The molecule has 1 N–H and O–H groups in total. The Morgan fingerprint density at radius 2 is 1.56 bits per heavy atom. The predicted molar refractivity (Wildman–Crippen MR) is 75.5 cm³/mol. The monoisotopic (exact) mass is 245 g/mol. The molecule has 1 aliphatic heterocycles. The average molecular weight is 245 g/mol. The van der Waals surface area contributed by atoms with Crippen molar-refractivity contribution in [2.75, 3.05) is 31.6 Å². The third-order valence-corrected chi connectivity index (χ3v) is 4.22. The number of nitrogens with zero attached hydrogens (tertiary/aromatic N) is 2. The van der Waals surface area contributed by atoms with E-state index in [1.165, 1.54) is 44.5 Å². The summed E-state index contributed by atoms with van der Waals surface area (Å²) in [5.41, 5.74) is 4.70. The summed E-state index contributed by atoms with van der Waals surface area (Å²) < 4.78 is 0. The Labute approximate surface area is 110 Å². The fraction of sp³-hybridized carbons (Fsp3) is 0.600. The van der Waals surface area contributed by atoms with Gasteiger partial charge in [0.25, 0.3) is 0 Å². The van der Waals surface area contributed by atoms with Crippen LogP contribution in [0.1, 0.15) is 25.7 Å². The van der Waals surface area contributed by atoms with Crippen LogP contribution in [-0.2, 0) is 0 Å². The summed E-state index contributed by atoms with van der Waals surface area (Å²) >= 11 is 0. The van der Waals surface area contributed by atoms with Gasteiger partial charge in [-0.1, -0.05) is 31.0 Å². The number of piperazine rings is 1. The third kappa shape index (κ3) is 2.85. The maximum atomic E-state index is 3.50. The molecule has 1 saturated heterocycles. The maximum Gasteiger partial charge on any atom is 0.0490 e. The number of nitrogens with one attached hydrogen (secondary N) is 1. The number of benzene rings is 1. The zero-order valence-electron chi connectivity index (χ0n) is 11.0. The quantitative estimate of drug-likeness (QED) is 0.883. The Morgan fingerprint density at radius 3 is 2.22 bits per heavy atom. The molecule has 1 heterocycles. The summed E-state index contributed by atoms with van der Waals surface area (Å²) in [6.07, 6.45) is 5.72. The summed E-state index contributed by atoms with van der Waals surface area (Å²) in [6.45, 7) is 4.69. The molecule has 0 radical (unpaired) electrons. The molecule has 1 aliphatic carbocycles. The Kier molecular flexibility index (Phi) is 3.81. The van der Waals surface area contributed by atoms with Gasteiger partial charge in [-0.3, -0.25) is 4.90 Å². The van der Waals surface area contributed by atoms with E-state index in [2.05, 4.69) is 45.7 Å². The molecule has 18 heavy (non-hydrogen) atoms. The highest BCUT2D eigenvalue weighted by Gasteiger charge is 2.25. The SMILES string of the molecule is c1ccc(NN2CCN(C3CCCC3)CC2)cc1. The Morgan fingerprint density at radius 1 is 0.889 bits per heavy atom. The van der Waals surface area contributed by atoms with Gasteiger partial charge in [0.15, 0.2) is 0 Å². The second-order valence-corrected chi connectivity index (χ2v) is 5.44. The van der Waals surface area contributed by atoms with Crippen LogP contribution in [0.5, 0.6) is 0 Å². The molecule has 0 amide bonds. The van der Waals surface area contributed by atoms with E-state index in [1.807, 2.05) is 0 Å². The highest BCUT2D eigenvalue weighted by atomic mass is 15.5. The lowest BCUT2D eigenvalue weighted by atomic mass is 10.2. The van der Waals surface area contributed by atoms with Crippen molar-refractivity contribution in [1.82, 2.24) is 9.91 Å². The van der Waals surface area contributed by atoms with E-state index in [1.54, 1.807) is 0 Å². The van der Waals surface area contributed by atoms with Crippen molar-refractivity contribution in [2.24, 2.45) is 0 Å². The van der Waals surface area contributed by atoms with Crippen LogP contribution in [0.3, 0.4) is 0 Å². The van der Waals surface area contributed by atoms with Gasteiger partial charge < -0.3 is 5.43 Å². The number of hydrogen-bond acceptors (Lipinski definition) is 3. The van der Waals surface area contributed by atoms with Crippen LogP contribution in [0.15, 0.2) is 30.3 Å². The van der Waals surface area contributed by atoms with Gasteiger partial charge in [0, 0.05) is 37.9 Å². The lowest BCUT2D eigenvalue weighted by Gasteiger charge is -2.38. The molecule has 0 unspecified atom stereocenters. The minimum Gasteiger partial charge on any atom is -0.319 e. The van der Waals surface area contributed by atoms with E-state index >= 15 is 0 Å². The van der Waals surface area contributed by atoms with Crippen molar-refractivity contribution in [3.8, 4) is 0 Å². The van der Waals surface area contributed by atoms with Gasteiger partial charge in [0.1, 0.15) is 0 Å². The van der Waals surface area contributed by atoms with Gasteiger partial charge in [-0.15, -0.1) is 0 Å². The zero-order valence-corrected chi connectivity index (χ0v) is 11.0. The lowest BCUT2D eigenvalue weighted by Crippen LogP contribution is -2.51. The molecule has 0 aromatic heterocycles. The molecular weight excluding hydrogens is 222 g/mol. The molecule has 98 valence electrons. The van der Waals surface area contributed by atoms with E-state index in [9.17, 15) is 0 Å². The summed E-state index contributed by atoms with van der Waals surface area (Å²) in [5, 5.41) is 2.35. The van der Waals surface area contributed by atoms with Crippen LogP contribution in [0.4, 0.5) is 5.69 Å². The Hall–Kier alpha value is -1.06. The molecule has 2 fully saturated rings. The summed E-state index contributed by atoms with van der Waals surface area (Å²) in [7, 11) is 0. The number of hydrazine groups is 1. The standard InChI is InChI=1S/C15H23N3/c1-2-6-14(7-3-1)16-18-12-10-17(11-13-18)15-8-4-5-9-15/h1-3,6-7,15-16H,4-5,8-13H2. The summed E-state index contributed by atoms with van der Waals surface area (Å²) in [5.74, 6) is 0. The molecule has 1 aromatic rings. The molecule has 0 atom stereocenters. The van der Waals surface area contributed by atoms with Crippen molar-refractivity contribution in [1.29, 1.82) is 0 Å². The van der Waals surface area contributed by atoms with Crippen LogP contribution < -0.4 is 5.43 Å². The van der Waals surface area contributed by atoms with E-state index in [0.717, 1.165) is 19.1 Å². The van der Waals surface area contributed by atoms with E-state index < -0.39 is 0 Å². The topological polar surface area (TPSA) is 18.5 Å². The number of para-hydroxylation sites is 1. The van der Waals surface area contributed by atoms with Crippen molar-refractivity contribution < 1.29 is 0 Å². The third-order valence-electron chi connectivity index (χ3n) is 4.22. The van der Waals surface area contributed by atoms with E-state index in [0.29, 0.717) is 0 Å². The van der Waals surface area contributed by atoms with Crippen molar-refractivity contribution in [3.63, 3.8) is 0 Å². The van der Waals surface area contributed by atoms with Gasteiger partial charge in [-0.2, -0.15) is 0 Å². The molecular formula is C15H23N3. The van der Waals surface area contributed by atoms with Crippen LogP contribution in [0.2, 0.25) is 0 Å². The molecule has 1 saturated carbocycles. The Balaban J connectivity index is 1.48. The number of hydrogen-bond donors (Lipinski definition) is 1. The predicted octanol–water partition coefficient (Wildman–Crippen LogP) is 2.57. The number of rotatable bonds is 3. The molecule has 2 aliphatic rings. The normalized spacial score (nSPS) is 23.3. The molecule has 3 nitrogen and oxygen atoms in total. The molecule has 0 bridgehead atoms. The Bertz CT molecular complexity index is 351. The van der Waals surface area contributed by atoms with Crippen LogP contribution >= 0.6 is 0 Å². The second-order valence-electron chi connectivity index (χ2n) is 5.44. The average Bonchev–Trinajstić information content (AvgIpc) is 2.95. The van der Waals surface area contributed by atoms with Gasteiger partial charge in [0.2, 0.25) is 0 Å². The molecule has 3 heteroatoms. The highest BCUT2D eigenvalue weighted by molar-refractivity contribution is 5.41. The van der Waals surface area contributed by atoms with E-state index in [4.69, 9.17) is 0 Å². The van der Waals surface area contributed by atoms with Crippen LogP contribution in [0.25, 0.3) is 0 Å². The number of anilines is 1. The van der Waals surface area contributed by atoms with Crippen molar-refractivity contribution in [3.05, 3.63) is 30.3 Å². The van der Waals surface area contributed by atoms with Crippen LogP contribution in [0, 0.1) is 0 Å². The minimum atomic E-state index is 0.879. The highest BCUT2D eigenvalue weighted by Crippen LogP contribution is 2.24. The molecule has 0 spiro atoms. The fourth-order valence-electron chi connectivity index (χ4n) is 3.16. The lowest BCUT2D eigenvalue weighted by molar-refractivity contribution is 0.113. The van der Waals surface area contributed by atoms with Crippen LogP contribution in [-0.4, -0.2) is 42.1 Å². The smallest absolute Gasteiger partial charge is 0.0490 e. The fourth-order valence-corrected chi connectivity index (χ4v) is 3.16. The van der Waals surface area contributed by atoms with Crippen molar-refractivity contribution in [2.45, 2.75) is 31.7 Å². The van der Waals surface area contributed by atoms with Gasteiger partial charge in [-0.25, -0.2) is 5.01 Å². The van der Waals surface area contributed by atoms with Gasteiger partial charge in [0.05, 0.1) is 0 Å².